The van der Waals surface area contributed by atoms with Crippen molar-refractivity contribution in [2.75, 3.05) is 0 Å². The van der Waals surface area contributed by atoms with Gasteiger partial charge in [0.1, 0.15) is 0 Å². The van der Waals surface area contributed by atoms with Gasteiger partial charge in [-0.15, -0.1) is 0 Å². The Morgan fingerprint density at radius 2 is 0.565 bits per heavy atom. The average Bonchev–Trinajstić information content (AvgIpc) is 3.11. The van der Waals surface area contributed by atoms with Gasteiger partial charge in [0, 0.05) is 8.95 Å². The van der Waals surface area contributed by atoms with Crippen LogP contribution in [0.2, 0.25) is 0 Å². The molecule has 0 saturated carbocycles. The highest BCUT2D eigenvalue weighted by Crippen LogP contribution is 2.24. The predicted octanol–water partition coefficient (Wildman–Crippen LogP) is 4.90. The van der Waals surface area contributed by atoms with Crippen molar-refractivity contribution in [3.05, 3.63) is 179 Å². The van der Waals surface area contributed by atoms with Crippen molar-refractivity contribution in [2.24, 2.45) is 0 Å². The third-order valence-electron chi connectivity index (χ3n) is 7.99. The van der Waals surface area contributed by atoms with Gasteiger partial charge in [-0.2, -0.15) is 0 Å². The first-order chi connectivity index (χ1) is 22.6. The van der Waals surface area contributed by atoms with E-state index in [0.29, 0.717) is 0 Å². The van der Waals surface area contributed by atoms with E-state index in [4.69, 9.17) is 17.4 Å². The molecule has 0 spiro atoms. The lowest BCUT2D eigenvalue weighted by molar-refractivity contribution is 0.288. The zero-order valence-electron chi connectivity index (χ0n) is 24.7. The van der Waals surface area contributed by atoms with Gasteiger partial charge in [0.2, 0.25) is 0 Å². The van der Waals surface area contributed by atoms with Crippen LogP contribution < -0.4 is 31.7 Å². The van der Waals surface area contributed by atoms with E-state index in [2.05, 4.69) is 80.4 Å². The Bertz CT molecular complexity index is 1640. The van der Waals surface area contributed by atoms with E-state index in [-0.39, 0.29) is 0 Å². The molecule has 10 heteroatoms. The maximum atomic E-state index is 7.48. The number of benzene rings is 6. The molecule has 1 aliphatic rings. The summed E-state index contributed by atoms with van der Waals surface area (Å²) < 4.78 is 31.8. The second kappa shape index (κ2) is 13.8. The second-order valence-electron chi connectivity index (χ2n) is 10.9. The fourth-order valence-electron chi connectivity index (χ4n) is 5.73. The highest BCUT2D eigenvalue weighted by Gasteiger charge is 2.58. The van der Waals surface area contributed by atoms with E-state index in [1.165, 1.54) is 0 Å². The Labute approximate surface area is 289 Å². The SMILES string of the molecule is Brc1ccc(B2O[Si](c3ccccc3)(c3ccccc3)OB(c3ccc(Br)cc3)O[Si](c3ccccc3)(c3ccccc3)O2)cc1. The first-order valence-corrected chi connectivity index (χ1v) is 20.2. The van der Waals surface area contributed by atoms with Crippen LogP contribution in [0.5, 0.6) is 0 Å². The molecule has 0 radical (unpaired) electrons. The van der Waals surface area contributed by atoms with Crippen molar-refractivity contribution in [1.82, 2.24) is 0 Å². The number of hydrogen-bond acceptors (Lipinski definition) is 4. The van der Waals surface area contributed by atoms with Crippen LogP contribution >= 0.6 is 31.9 Å². The summed E-state index contributed by atoms with van der Waals surface area (Å²) in [6, 6.07) is 57.0. The maximum Gasteiger partial charge on any atom is 0.476 e. The molecular weight excluding hydrogens is 734 g/mol. The fourth-order valence-corrected chi connectivity index (χ4v) is 12.8. The summed E-state index contributed by atoms with van der Waals surface area (Å²) in [5.41, 5.74) is 1.73. The minimum Gasteiger partial charge on any atom is -0.423 e. The first-order valence-electron chi connectivity index (χ1n) is 15.0. The summed E-state index contributed by atoms with van der Waals surface area (Å²) in [4.78, 5) is 0. The van der Waals surface area contributed by atoms with Gasteiger partial charge in [0.25, 0.3) is 0 Å². The monoisotopic (exact) mass is 760 g/mol. The molecule has 7 rings (SSSR count). The Hall–Kier alpha value is -3.32. The van der Waals surface area contributed by atoms with Crippen molar-refractivity contribution in [3.8, 4) is 0 Å². The van der Waals surface area contributed by atoms with Crippen molar-refractivity contribution in [1.29, 1.82) is 0 Å². The third kappa shape index (κ3) is 6.32. The van der Waals surface area contributed by atoms with Gasteiger partial charge in [0.15, 0.2) is 0 Å². The fraction of sp³-hybridized carbons (Fsp3) is 0. The van der Waals surface area contributed by atoms with E-state index in [9.17, 15) is 0 Å². The molecule has 0 aliphatic carbocycles. The van der Waals surface area contributed by atoms with Gasteiger partial charge < -0.3 is 17.4 Å². The lowest BCUT2D eigenvalue weighted by Gasteiger charge is -2.44. The van der Waals surface area contributed by atoms with Gasteiger partial charge >= 0.3 is 31.4 Å². The van der Waals surface area contributed by atoms with E-state index in [1.54, 1.807) is 0 Å². The molecule has 0 N–H and O–H groups in total. The normalized spacial score (nSPS) is 16.0. The Balaban J connectivity index is 1.52. The zero-order valence-corrected chi connectivity index (χ0v) is 29.9. The quantitative estimate of drug-likeness (QED) is 0.227. The van der Waals surface area contributed by atoms with Crippen LogP contribution in [0.3, 0.4) is 0 Å². The average molecular weight is 762 g/mol. The smallest absolute Gasteiger partial charge is 0.423 e. The lowest BCUT2D eigenvalue weighted by Crippen LogP contribution is -2.78. The van der Waals surface area contributed by atoms with Crippen LogP contribution in [0.25, 0.3) is 0 Å². The predicted molar refractivity (Wildman–Crippen MR) is 199 cm³/mol. The maximum absolute atomic E-state index is 7.48. The summed E-state index contributed by atoms with van der Waals surface area (Å²) in [5, 5.41) is 3.80. The second-order valence-corrected chi connectivity index (χ2v) is 18.5. The van der Waals surface area contributed by atoms with Gasteiger partial charge in [-0.05, 0) is 55.9 Å². The van der Waals surface area contributed by atoms with E-state index < -0.39 is 31.4 Å². The van der Waals surface area contributed by atoms with Crippen molar-refractivity contribution >= 4 is 94.9 Å². The highest BCUT2D eigenvalue weighted by molar-refractivity contribution is 9.10. The van der Waals surface area contributed by atoms with Crippen LogP contribution in [-0.4, -0.2) is 31.4 Å². The largest absolute Gasteiger partial charge is 0.476 e. The van der Waals surface area contributed by atoms with Crippen LogP contribution in [-0.2, 0) is 17.4 Å². The van der Waals surface area contributed by atoms with E-state index in [0.717, 1.165) is 40.6 Å². The van der Waals surface area contributed by atoms with Crippen molar-refractivity contribution in [3.63, 3.8) is 0 Å². The van der Waals surface area contributed by atoms with Gasteiger partial charge in [0.05, 0.1) is 0 Å². The molecule has 1 heterocycles. The van der Waals surface area contributed by atoms with Gasteiger partial charge in [-0.25, -0.2) is 0 Å². The molecule has 1 aliphatic heterocycles. The van der Waals surface area contributed by atoms with E-state index >= 15 is 0 Å². The van der Waals surface area contributed by atoms with Crippen molar-refractivity contribution in [2.45, 2.75) is 0 Å². The molecule has 1 fully saturated rings. The van der Waals surface area contributed by atoms with Gasteiger partial charge in [-0.1, -0.05) is 177 Å². The molecule has 4 nitrogen and oxygen atoms in total. The van der Waals surface area contributed by atoms with Crippen LogP contribution in [0.4, 0.5) is 0 Å². The minimum absolute atomic E-state index is 0.821. The number of halogens is 2. The van der Waals surface area contributed by atoms with E-state index in [1.807, 2.05) is 121 Å². The summed E-state index contributed by atoms with van der Waals surface area (Å²) >= 11 is 7.22. The molecule has 1 saturated heterocycles. The van der Waals surface area contributed by atoms with Crippen molar-refractivity contribution < 1.29 is 17.4 Å². The van der Waals surface area contributed by atoms with Crippen LogP contribution in [0, 0.1) is 0 Å². The summed E-state index contributed by atoms with van der Waals surface area (Å²) in [5.74, 6) is 0. The lowest BCUT2D eigenvalue weighted by atomic mass is 9.80. The topological polar surface area (TPSA) is 36.9 Å². The summed E-state index contributed by atoms with van der Waals surface area (Å²) in [7, 11) is -8.75. The third-order valence-corrected chi connectivity index (χ3v) is 15.6. The summed E-state index contributed by atoms with van der Waals surface area (Å²) in [6.07, 6.45) is 0. The summed E-state index contributed by atoms with van der Waals surface area (Å²) in [6.45, 7) is 0. The molecule has 6 aromatic carbocycles. The number of hydrogen-bond donors (Lipinski definition) is 0. The molecule has 0 amide bonds. The minimum atomic E-state index is -3.55. The first kappa shape index (κ1) is 31.3. The molecule has 0 aromatic heterocycles. The molecule has 6 aromatic rings. The standard InChI is InChI=1S/C36H28B2Br2O4Si2/c39-31-25-21-29(22-26-31)37-41-45(33-13-5-1-6-14-33,34-15-7-2-8-16-34)42-38(30-23-27-32(40)28-24-30)44-46(43-37,35-17-9-3-10-18-35)36-19-11-4-12-20-36/h1-28H. The molecule has 0 atom stereocenters. The number of rotatable bonds is 6. The highest BCUT2D eigenvalue weighted by atomic mass is 79.9. The molecule has 0 bridgehead atoms. The molecular formula is C36H28B2Br2O4Si2. The Kier molecular flexibility index (Phi) is 9.39. The zero-order chi connectivity index (χ0) is 31.4. The Morgan fingerprint density at radius 3 is 0.804 bits per heavy atom. The molecule has 0 unspecified atom stereocenters. The van der Waals surface area contributed by atoms with Gasteiger partial charge in [-0.3, -0.25) is 0 Å². The molecule has 224 valence electrons. The molecule has 46 heavy (non-hydrogen) atoms. The Morgan fingerprint density at radius 1 is 0.326 bits per heavy atom. The van der Waals surface area contributed by atoms with Crippen LogP contribution in [0.15, 0.2) is 179 Å². The van der Waals surface area contributed by atoms with Crippen LogP contribution in [0.1, 0.15) is 0 Å².